The number of ether oxygens (including phenoxy) is 2. The van der Waals surface area contributed by atoms with Gasteiger partial charge in [-0.3, -0.25) is 19.1 Å². The lowest BCUT2D eigenvalue weighted by Gasteiger charge is -2.27. The molecule has 0 atom stereocenters. The monoisotopic (exact) mass is 415 g/mol. The molecule has 0 saturated carbocycles. The number of halogens is 1. The number of carbonyl (C=O) groups is 2. The van der Waals surface area contributed by atoms with Crippen LogP contribution >= 0.6 is 15.9 Å². The standard InChI is InChI=1S/C18H14BrN3O4/c1-25-14-3-2-11-7-21(8-12(11)4-14)16(23)9-22-17(24)10-26-15-5-13(19)6-20-18(15)22/h2-8H,9-10H2,1H3. The second-order valence-corrected chi connectivity index (χ2v) is 6.71. The molecule has 0 aliphatic carbocycles. The lowest BCUT2D eigenvalue weighted by atomic mass is 10.2. The number of carbonyl (C=O) groups excluding carboxylic acids is 2. The molecule has 2 aromatic heterocycles. The molecule has 3 aromatic rings. The fourth-order valence-corrected chi connectivity index (χ4v) is 3.14. The molecule has 1 amide bonds. The Morgan fingerprint density at radius 1 is 1.31 bits per heavy atom. The second kappa shape index (κ2) is 6.45. The number of nitrogens with zero attached hydrogens (tertiary/aromatic N) is 3. The first-order chi connectivity index (χ1) is 12.5. The van der Waals surface area contributed by atoms with Crippen molar-refractivity contribution in [1.82, 2.24) is 9.55 Å². The molecule has 1 aliphatic rings. The summed E-state index contributed by atoms with van der Waals surface area (Å²) in [6.45, 7) is -0.245. The van der Waals surface area contributed by atoms with Crippen molar-refractivity contribution in [2.45, 2.75) is 0 Å². The van der Waals surface area contributed by atoms with Crippen molar-refractivity contribution in [3.8, 4) is 11.5 Å². The van der Waals surface area contributed by atoms with Gasteiger partial charge in [0.1, 0.15) is 12.3 Å². The highest BCUT2D eigenvalue weighted by molar-refractivity contribution is 9.10. The molecular formula is C18H14BrN3O4. The van der Waals surface area contributed by atoms with Gasteiger partial charge in [0.05, 0.1) is 7.11 Å². The Balaban J connectivity index is 1.63. The molecule has 0 bridgehead atoms. The molecule has 4 rings (SSSR count). The SMILES string of the molecule is COc1ccc2cn(C(=O)CN3C(=O)COc4cc(Br)cnc43)cc2c1. The van der Waals surface area contributed by atoms with Crippen molar-refractivity contribution in [3.63, 3.8) is 0 Å². The number of rotatable bonds is 3. The van der Waals surface area contributed by atoms with E-state index in [1.54, 1.807) is 31.8 Å². The van der Waals surface area contributed by atoms with Crippen LogP contribution in [0.4, 0.5) is 5.82 Å². The van der Waals surface area contributed by atoms with Crippen LogP contribution in [0.5, 0.6) is 11.5 Å². The molecule has 0 N–H and O–H groups in total. The van der Waals surface area contributed by atoms with Gasteiger partial charge >= 0.3 is 0 Å². The predicted octanol–water partition coefficient (Wildman–Crippen LogP) is 2.87. The highest BCUT2D eigenvalue weighted by atomic mass is 79.9. The smallest absolute Gasteiger partial charge is 0.266 e. The molecule has 0 saturated heterocycles. The van der Waals surface area contributed by atoms with E-state index in [-0.39, 0.29) is 25.0 Å². The minimum absolute atomic E-state index is 0.122. The van der Waals surface area contributed by atoms with Crippen molar-refractivity contribution in [3.05, 3.63) is 47.3 Å². The van der Waals surface area contributed by atoms with Gasteiger partial charge in [0, 0.05) is 33.8 Å². The molecular weight excluding hydrogens is 402 g/mol. The number of methoxy groups -OCH3 is 1. The minimum Gasteiger partial charge on any atom is -0.497 e. The van der Waals surface area contributed by atoms with Crippen LogP contribution in [-0.2, 0) is 4.79 Å². The number of benzene rings is 1. The number of amides is 1. The van der Waals surface area contributed by atoms with Gasteiger partial charge in [0.15, 0.2) is 18.2 Å². The minimum atomic E-state index is -0.306. The van der Waals surface area contributed by atoms with Crippen LogP contribution in [0, 0.1) is 0 Å². The van der Waals surface area contributed by atoms with E-state index in [0.717, 1.165) is 21.0 Å². The summed E-state index contributed by atoms with van der Waals surface area (Å²) in [5.41, 5.74) is 0. The van der Waals surface area contributed by atoms with Gasteiger partial charge in [0.2, 0.25) is 0 Å². The molecule has 8 heteroatoms. The zero-order valence-corrected chi connectivity index (χ0v) is 15.4. The summed E-state index contributed by atoms with van der Waals surface area (Å²) in [4.78, 5) is 30.5. The lowest BCUT2D eigenvalue weighted by Crippen LogP contribution is -2.43. The Hall–Kier alpha value is -2.87. The quantitative estimate of drug-likeness (QED) is 0.657. The zero-order valence-electron chi connectivity index (χ0n) is 13.8. The van der Waals surface area contributed by atoms with Gasteiger partial charge in [-0.05, 0) is 40.2 Å². The Morgan fingerprint density at radius 2 is 2.12 bits per heavy atom. The highest BCUT2D eigenvalue weighted by Gasteiger charge is 2.29. The number of pyridine rings is 1. The summed E-state index contributed by atoms with van der Waals surface area (Å²) < 4.78 is 12.8. The Bertz CT molecular complexity index is 1030. The number of fused-ring (bicyclic) bond motifs is 2. The van der Waals surface area contributed by atoms with E-state index in [0.29, 0.717) is 11.6 Å². The van der Waals surface area contributed by atoms with Crippen molar-refractivity contribution >= 4 is 44.3 Å². The molecule has 7 nitrogen and oxygen atoms in total. The highest BCUT2D eigenvalue weighted by Crippen LogP contribution is 2.32. The number of hydrogen-bond acceptors (Lipinski definition) is 5. The van der Waals surface area contributed by atoms with Gasteiger partial charge in [-0.2, -0.15) is 0 Å². The van der Waals surface area contributed by atoms with Gasteiger partial charge in [-0.1, -0.05) is 0 Å². The zero-order chi connectivity index (χ0) is 18.3. The maximum atomic E-state index is 12.7. The summed E-state index contributed by atoms with van der Waals surface area (Å²) in [6, 6.07) is 7.29. The predicted molar refractivity (Wildman–Crippen MR) is 98.9 cm³/mol. The fraction of sp³-hybridized carbons (Fsp3) is 0.167. The largest absolute Gasteiger partial charge is 0.497 e. The summed E-state index contributed by atoms with van der Waals surface area (Å²) in [7, 11) is 1.59. The first kappa shape index (κ1) is 16.6. The fourth-order valence-electron chi connectivity index (χ4n) is 2.83. The first-order valence-corrected chi connectivity index (χ1v) is 8.62. The first-order valence-electron chi connectivity index (χ1n) is 7.83. The third-order valence-corrected chi connectivity index (χ3v) is 4.57. The summed E-state index contributed by atoms with van der Waals surface area (Å²) in [6.07, 6.45) is 5.02. The maximum Gasteiger partial charge on any atom is 0.266 e. The Morgan fingerprint density at radius 3 is 2.92 bits per heavy atom. The van der Waals surface area contributed by atoms with E-state index in [4.69, 9.17) is 9.47 Å². The average molecular weight is 416 g/mol. The van der Waals surface area contributed by atoms with E-state index < -0.39 is 0 Å². The van der Waals surface area contributed by atoms with Crippen molar-refractivity contribution in [1.29, 1.82) is 0 Å². The van der Waals surface area contributed by atoms with Gasteiger partial charge in [-0.25, -0.2) is 4.98 Å². The average Bonchev–Trinajstić information content (AvgIpc) is 3.07. The third kappa shape index (κ3) is 2.92. The summed E-state index contributed by atoms with van der Waals surface area (Å²) in [5, 5.41) is 1.79. The van der Waals surface area contributed by atoms with E-state index in [9.17, 15) is 9.59 Å². The molecule has 0 radical (unpaired) electrons. The van der Waals surface area contributed by atoms with Gasteiger partial charge in [0.25, 0.3) is 11.8 Å². The number of hydrogen-bond donors (Lipinski definition) is 0. The molecule has 0 fully saturated rings. The van der Waals surface area contributed by atoms with Crippen molar-refractivity contribution < 1.29 is 19.1 Å². The normalized spacial score (nSPS) is 13.5. The third-order valence-electron chi connectivity index (χ3n) is 4.14. The van der Waals surface area contributed by atoms with Crippen LogP contribution in [0.25, 0.3) is 10.8 Å². The van der Waals surface area contributed by atoms with Crippen LogP contribution in [0.3, 0.4) is 0 Å². The molecule has 0 spiro atoms. The summed E-state index contributed by atoms with van der Waals surface area (Å²) >= 11 is 3.32. The van der Waals surface area contributed by atoms with Crippen LogP contribution in [0.1, 0.15) is 4.79 Å². The topological polar surface area (TPSA) is 73.7 Å². The molecule has 132 valence electrons. The molecule has 0 unspecified atom stereocenters. The van der Waals surface area contributed by atoms with Crippen LogP contribution in [0.2, 0.25) is 0 Å². The lowest BCUT2D eigenvalue weighted by molar-refractivity contribution is -0.121. The summed E-state index contributed by atoms with van der Waals surface area (Å²) in [5.74, 6) is 0.977. The number of aromatic nitrogens is 2. The molecule has 1 aliphatic heterocycles. The van der Waals surface area contributed by atoms with E-state index in [1.165, 1.54) is 9.47 Å². The molecule has 3 heterocycles. The maximum absolute atomic E-state index is 12.7. The Labute approximate surface area is 157 Å². The van der Waals surface area contributed by atoms with E-state index in [2.05, 4.69) is 20.9 Å². The van der Waals surface area contributed by atoms with Crippen molar-refractivity contribution in [2.75, 3.05) is 25.2 Å². The number of anilines is 1. The van der Waals surface area contributed by atoms with Crippen LogP contribution in [-0.4, -0.2) is 41.6 Å². The van der Waals surface area contributed by atoms with Crippen LogP contribution in [0.15, 0.2) is 47.3 Å². The van der Waals surface area contributed by atoms with E-state index in [1.807, 2.05) is 18.2 Å². The van der Waals surface area contributed by atoms with Crippen LogP contribution < -0.4 is 14.4 Å². The second-order valence-electron chi connectivity index (χ2n) is 5.80. The molecule has 26 heavy (non-hydrogen) atoms. The van der Waals surface area contributed by atoms with E-state index >= 15 is 0 Å². The van der Waals surface area contributed by atoms with Gasteiger partial charge in [-0.15, -0.1) is 0 Å². The van der Waals surface area contributed by atoms with Crippen molar-refractivity contribution in [2.24, 2.45) is 0 Å². The Kier molecular flexibility index (Phi) is 4.12. The van der Waals surface area contributed by atoms with Gasteiger partial charge < -0.3 is 9.47 Å². The molecule has 1 aromatic carbocycles.